The molecule has 1 fully saturated rings. The van der Waals surface area contributed by atoms with E-state index < -0.39 is 17.9 Å². The Bertz CT molecular complexity index is 692. The van der Waals surface area contributed by atoms with Gasteiger partial charge in [-0.05, 0) is 5.56 Å². The van der Waals surface area contributed by atoms with Gasteiger partial charge >= 0.3 is 17.9 Å². The molecule has 0 spiro atoms. The Morgan fingerprint density at radius 2 is 0.906 bits per heavy atom. The average Bonchev–Trinajstić information content (AvgIpc) is 2.69. The molecule has 180 valence electrons. The van der Waals surface area contributed by atoms with E-state index >= 15 is 0 Å². The van der Waals surface area contributed by atoms with E-state index in [0.29, 0.717) is 58.9 Å². The van der Waals surface area contributed by atoms with Crippen molar-refractivity contribution in [2.24, 2.45) is 0 Å². The van der Waals surface area contributed by atoms with Crippen LogP contribution in [0.2, 0.25) is 0 Å². The summed E-state index contributed by atoms with van der Waals surface area (Å²) in [5.41, 5.74) is 1.14. The van der Waals surface area contributed by atoms with Gasteiger partial charge in [-0.2, -0.15) is 0 Å². The predicted molar refractivity (Wildman–Crippen MR) is 114 cm³/mol. The third-order valence-corrected chi connectivity index (χ3v) is 5.26. The van der Waals surface area contributed by atoms with Crippen molar-refractivity contribution in [3.8, 4) is 0 Å². The first-order chi connectivity index (χ1) is 14.8. The van der Waals surface area contributed by atoms with Crippen LogP contribution in [0, 0.1) is 39.9 Å². The van der Waals surface area contributed by atoms with Crippen LogP contribution in [0.5, 0.6) is 0 Å². The number of aliphatic carboxylic acids is 3. The number of hydrogen-bond acceptors (Lipinski definition) is 7. The molecule has 0 saturated carbocycles. The molecule has 0 unspecified atom stereocenters. The van der Waals surface area contributed by atoms with Crippen molar-refractivity contribution in [2.45, 2.75) is 6.54 Å². The van der Waals surface area contributed by atoms with Gasteiger partial charge in [-0.15, -0.1) is 0 Å². The van der Waals surface area contributed by atoms with Crippen molar-refractivity contribution >= 4 is 17.9 Å². The van der Waals surface area contributed by atoms with Crippen LogP contribution in [0.25, 0.3) is 0 Å². The van der Waals surface area contributed by atoms with E-state index in [1.165, 1.54) is 0 Å². The fraction of sp³-hybridized carbons (Fsp3) is 0.571. The zero-order valence-electron chi connectivity index (χ0n) is 18.1. The van der Waals surface area contributed by atoms with Gasteiger partial charge in [0.15, 0.2) is 0 Å². The van der Waals surface area contributed by atoms with Crippen molar-refractivity contribution < 1.29 is 69.6 Å². The standard InChI is InChI=1S/C21H32N4O6.Gd/c26-19(27)15-23-8-6-22(14-18-4-2-1-3-5-18)7-9-24(16-20(28)29)11-13-25(12-10-23)17-21(30)31;/h1-5H,6-17H2,(H,26,27)(H,28,29)(H,30,31);. The molecule has 0 aromatic heterocycles. The number of hydrogen-bond donors (Lipinski definition) is 3. The molecule has 11 heteroatoms. The van der Waals surface area contributed by atoms with E-state index in [9.17, 15) is 29.7 Å². The first kappa shape index (κ1) is 28.8. The Labute approximate surface area is 220 Å². The second-order valence-corrected chi connectivity index (χ2v) is 7.77. The first-order valence-corrected chi connectivity index (χ1v) is 10.4. The number of rotatable bonds is 8. The summed E-state index contributed by atoms with van der Waals surface area (Å²) in [5.74, 6) is -2.80. The maximum absolute atomic E-state index is 11.3. The SMILES string of the molecule is O=C(O)CN1CCN(CC(=O)O)CCN(Cc2ccccc2)CCN(CC(=O)O)CC1.[Gd]. The van der Waals surface area contributed by atoms with Gasteiger partial charge in [-0.25, -0.2) is 0 Å². The number of nitrogens with zero attached hydrogens (tertiary/aromatic N) is 4. The van der Waals surface area contributed by atoms with Gasteiger partial charge in [-0.3, -0.25) is 34.0 Å². The molecule has 2 rings (SSSR count). The van der Waals surface area contributed by atoms with Crippen LogP contribution in [0.1, 0.15) is 5.56 Å². The minimum absolute atomic E-state index is 0. The molecule has 1 aliphatic rings. The van der Waals surface area contributed by atoms with Gasteiger partial charge in [0.25, 0.3) is 0 Å². The molecule has 1 aromatic carbocycles. The minimum Gasteiger partial charge on any atom is -0.480 e. The van der Waals surface area contributed by atoms with Crippen LogP contribution in [0.15, 0.2) is 30.3 Å². The second kappa shape index (κ2) is 15.6. The van der Waals surface area contributed by atoms with Crippen molar-refractivity contribution in [3.05, 3.63) is 35.9 Å². The van der Waals surface area contributed by atoms with E-state index in [2.05, 4.69) is 4.90 Å². The fourth-order valence-corrected chi connectivity index (χ4v) is 3.63. The summed E-state index contributed by atoms with van der Waals surface area (Å²) >= 11 is 0. The maximum atomic E-state index is 11.3. The van der Waals surface area contributed by atoms with Gasteiger partial charge in [0, 0.05) is 98.8 Å². The third-order valence-electron chi connectivity index (χ3n) is 5.26. The van der Waals surface area contributed by atoms with Crippen LogP contribution in [0.4, 0.5) is 0 Å². The molecule has 32 heavy (non-hydrogen) atoms. The van der Waals surface area contributed by atoms with Crippen LogP contribution >= 0.6 is 0 Å². The zero-order chi connectivity index (χ0) is 22.6. The Kier molecular flexibility index (Phi) is 14.1. The second-order valence-electron chi connectivity index (χ2n) is 7.77. The van der Waals surface area contributed by atoms with E-state index in [0.717, 1.165) is 5.56 Å². The monoisotopic (exact) mass is 594 g/mol. The van der Waals surface area contributed by atoms with Crippen molar-refractivity contribution in [1.29, 1.82) is 0 Å². The van der Waals surface area contributed by atoms with Gasteiger partial charge in [0.05, 0.1) is 19.6 Å². The quantitative estimate of drug-likeness (QED) is 0.369. The largest absolute Gasteiger partial charge is 0.480 e. The minimum atomic E-state index is -0.962. The molecule has 3 N–H and O–H groups in total. The van der Waals surface area contributed by atoms with Crippen LogP contribution in [-0.2, 0) is 20.9 Å². The third kappa shape index (κ3) is 12.1. The average molecular weight is 594 g/mol. The van der Waals surface area contributed by atoms with Crippen molar-refractivity contribution in [2.75, 3.05) is 72.0 Å². The summed E-state index contributed by atoms with van der Waals surface area (Å²) in [6.45, 7) is 4.28. The summed E-state index contributed by atoms with van der Waals surface area (Å²) in [7, 11) is 0. The molecule has 1 aromatic rings. The molecular formula is C21H32GdN4O6. The Balaban J connectivity index is 0.00000512. The molecule has 0 aliphatic carbocycles. The van der Waals surface area contributed by atoms with E-state index in [1.807, 2.05) is 40.1 Å². The van der Waals surface area contributed by atoms with Gasteiger partial charge < -0.3 is 15.3 Å². The zero-order valence-corrected chi connectivity index (χ0v) is 20.3. The molecule has 1 saturated heterocycles. The van der Waals surface area contributed by atoms with Crippen molar-refractivity contribution in [3.63, 3.8) is 0 Å². The van der Waals surface area contributed by atoms with Crippen LogP contribution < -0.4 is 0 Å². The molecule has 0 amide bonds. The summed E-state index contributed by atoms with van der Waals surface area (Å²) in [6.07, 6.45) is 0. The molecule has 0 radical (unpaired) electrons. The summed E-state index contributed by atoms with van der Waals surface area (Å²) in [4.78, 5) is 41.4. The Hall–Kier alpha value is -1.21. The summed E-state index contributed by atoms with van der Waals surface area (Å²) in [6, 6.07) is 9.95. The predicted octanol–water partition coefficient (Wildman–Crippen LogP) is -0.338. The molecule has 1 heterocycles. The number of carbonyl (C=O) groups is 3. The van der Waals surface area contributed by atoms with Gasteiger partial charge in [-0.1, -0.05) is 30.3 Å². The van der Waals surface area contributed by atoms with E-state index in [1.54, 1.807) is 4.90 Å². The summed E-state index contributed by atoms with van der Waals surface area (Å²) in [5, 5.41) is 27.7. The maximum Gasteiger partial charge on any atom is 0.317 e. The smallest absolute Gasteiger partial charge is 0.317 e. The van der Waals surface area contributed by atoms with E-state index in [-0.39, 0.29) is 59.6 Å². The van der Waals surface area contributed by atoms with Gasteiger partial charge in [0.1, 0.15) is 0 Å². The molecular weight excluding hydrogens is 562 g/mol. The van der Waals surface area contributed by atoms with Crippen LogP contribution in [0.3, 0.4) is 0 Å². The summed E-state index contributed by atoms with van der Waals surface area (Å²) < 4.78 is 0. The Morgan fingerprint density at radius 3 is 1.22 bits per heavy atom. The topological polar surface area (TPSA) is 125 Å². The molecule has 0 bridgehead atoms. The fourth-order valence-electron chi connectivity index (χ4n) is 3.63. The molecule has 0 atom stereocenters. The normalized spacial score (nSPS) is 18.1. The van der Waals surface area contributed by atoms with Crippen molar-refractivity contribution in [1.82, 2.24) is 19.6 Å². The van der Waals surface area contributed by atoms with Gasteiger partial charge in [0.2, 0.25) is 0 Å². The van der Waals surface area contributed by atoms with E-state index in [4.69, 9.17) is 0 Å². The first-order valence-electron chi connectivity index (χ1n) is 10.4. The Morgan fingerprint density at radius 1 is 0.594 bits per heavy atom. The number of carboxylic acid groups (broad SMARTS) is 3. The number of carboxylic acids is 3. The molecule has 1 aliphatic heterocycles. The number of benzene rings is 1. The molecule has 10 nitrogen and oxygen atoms in total. The van der Waals surface area contributed by atoms with Crippen LogP contribution in [-0.4, -0.2) is 125 Å².